The molecule has 0 atom stereocenters. The minimum absolute atomic E-state index is 0.0788. The number of halogens is 1. The standard InChI is InChI=1S/C15H11ClN2O4/c1-8(16)7-21-15(19)10-6-11(12-4-3-5-20-12)17-14-13(10)9(2)18-22-14/h3-6H,1,7H2,2H3. The molecule has 22 heavy (non-hydrogen) atoms. The smallest absolute Gasteiger partial charge is 0.339 e. The van der Waals surface area contributed by atoms with Gasteiger partial charge in [-0.15, -0.1) is 0 Å². The fraction of sp³-hybridized carbons (Fsp3) is 0.133. The number of ether oxygens (including phenoxy) is 1. The van der Waals surface area contributed by atoms with Gasteiger partial charge < -0.3 is 13.7 Å². The molecule has 0 unspecified atom stereocenters. The fourth-order valence-electron chi connectivity index (χ4n) is 2.03. The van der Waals surface area contributed by atoms with E-state index in [4.69, 9.17) is 25.3 Å². The van der Waals surface area contributed by atoms with Gasteiger partial charge in [0.1, 0.15) is 12.3 Å². The molecule has 3 heterocycles. The Morgan fingerprint density at radius 2 is 2.32 bits per heavy atom. The van der Waals surface area contributed by atoms with Crippen molar-refractivity contribution >= 4 is 28.7 Å². The maximum absolute atomic E-state index is 12.3. The molecule has 112 valence electrons. The SMILES string of the molecule is C=C(Cl)COC(=O)c1cc(-c2ccco2)nc2onc(C)c12. The second-order valence-corrected chi connectivity index (χ2v) is 5.11. The number of fused-ring (bicyclic) bond motifs is 1. The normalized spacial score (nSPS) is 10.8. The number of carbonyl (C=O) groups excluding carboxylic acids is 1. The zero-order valence-corrected chi connectivity index (χ0v) is 12.4. The molecule has 0 saturated carbocycles. The summed E-state index contributed by atoms with van der Waals surface area (Å²) in [7, 11) is 0. The number of hydrogen-bond donors (Lipinski definition) is 0. The van der Waals surface area contributed by atoms with Crippen LogP contribution in [0.25, 0.3) is 22.6 Å². The molecule has 3 rings (SSSR count). The minimum atomic E-state index is -0.562. The molecule has 0 aliphatic rings. The van der Waals surface area contributed by atoms with Crippen LogP contribution in [0.2, 0.25) is 0 Å². The second kappa shape index (κ2) is 5.65. The highest BCUT2D eigenvalue weighted by Crippen LogP contribution is 2.27. The number of hydrogen-bond acceptors (Lipinski definition) is 6. The van der Waals surface area contributed by atoms with Gasteiger partial charge >= 0.3 is 5.97 Å². The number of carbonyl (C=O) groups is 1. The number of rotatable bonds is 4. The summed E-state index contributed by atoms with van der Waals surface area (Å²) in [6, 6.07) is 5.03. The number of aromatic nitrogens is 2. The quantitative estimate of drug-likeness (QED) is 0.682. The molecule has 0 saturated heterocycles. The van der Waals surface area contributed by atoms with E-state index in [-0.39, 0.29) is 22.9 Å². The lowest BCUT2D eigenvalue weighted by atomic mass is 10.1. The van der Waals surface area contributed by atoms with Crippen molar-refractivity contribution in [2.45, 2.75) is 6.92 Å². The van der Waals surface area contributed by atoms with Crippen molar-refractivity contribution < 1.29 is 18.5 Å². The Balaban J connectivity index is 2.11. The fourth-order valence-corrected chi connectivity index (χ4v) is 2.08. The summed E-state index contributed by atoms with van der Waals surface area (Å²) in [5.74, 6) is -0.0555. The van der Waals surface area contributed by atoms with Crippen molar-refractivity contribution in [1.29, 1.82) is 0 Å². The number of pyridine rings is 1. The van der Waals surface area contributed by atoms with Crippen molar-refractivity contribution in [2.24, 2.45) is 0 Å². The molecule has 0 bridgehead atoms. The van der Waals surface area contributed by atoms with E-state index in [2.05, 4.69) is 16.7 Å². The highest BCUT2D eigenvalue weighted by atomic mass is 35.5. The van der Waals surface area contributed by atoms with Gasteiger partial charge in [-0.3, -0.25) is 0 Å². The van der Waals surface area contributed by atoms with Crippen molar-refractivity contribution in [3.05, 3.63) is 47.3 Å². The summed E-state index contributed by atoms with van der Waals surface area (Å²) in [6.07, 6.45) is 1.52. The summed E-state index contributed by atoms with van der Waals surface area (Å²) >= 11 is 5.62. The Labute approximate surface area is 130 Å². The number of furan rings is 1. The molecule has 3 aromatic heterocycles. The van der Waals surface area contributed by atoms with Crippen LogP contribution < -0.4 is 0 Å². The van der Waals surface area contributed by atoms with Gasteiger partial charge in [0.15, 0.2) is 5.76 Å². The van der Waals surface area contributed by atoms with E-state index < -0.39 is 5.97 Å². The van der Waals surface area contributed by atoms with Crippen LogP contribution in [0.4, 0.5) is 0 Å². The van der Waals surface area contributed by atoms with Gasteiger partial charge in [0.05, 0.1) is 22.9 Å². The molecule has 0 aliphatic carbocycles. The molecule has 6 nitrogen and oxygen atoms in total. The molecule has 0 aliphatic heterocycles. The lowest BCUT2D eigenvalue weighted by Gasteiger charge is -2.06. The second-order valence-electron chi connectivity index (χ2n) is 4.57. The van der Waals surface area contributed by atoms with E-state index in [9.17, 15) is 4.79 Å². The number of nitrogens with zero attached hydrogens (tertiary/aromatic N) is 2. The van der Waals surface area contributed by atoms with Gasteiger partial charge in [-0.05, 0) is 25.1 Å². The van der Waals surface area contributed by atoms with Crippen molar-refractivity contribution in [3.63, 3.8) is 0 Å². The van der Waals surface area contributed by atoms with Crippen LogP contribution in [-0.2, 0) is 4.74 Å². The van der Waals surface area contributed by atoms with Gasteiger partial charge in [-0.1, -0.05) is 23.3 Å². The van der Waals surface area contributed by atoms with Crippen molar-refractivity contribution in [3.8, 4) is 11.5 Å². The Morgan fingerprint density at radius 1 is 1.50 bits per heavy atom. The Hall–Kier alpha value is -2.60. The minimum Gasteiger partial charge on any atom is -0.463 e. The van der Waals surface area contributed by atoms with Crippen molar-refractivity contribution in [1.82, 2.24) is 10.1 Å². The summed E-state index contributed by atoms with van der Waals surface area (Å²) in [4.78, 5) is 16.6. The van der Waals surface area contributed by atoms with Gasteiger partial charge in [0, 0.05) is 5.03 Å². The molecular formula is C15H11ClN2O4. The van der Waals surface area contributed by atoms with Crippen LogP contribution in [0.3, 0.4) is 0 Å². The first kappa shape index (κ1) is 14.3. The topological polar surface area (TPSA) is 78.4 Å². The zero-order chi connectivity index (χ0) is 15.7. The molecule has 0 aromatic carbocycles. The van der Waals surface area contributed by atoms with Crippen LogP contribution in [0, 0.1) is 6.92 Å². The molecule has 0 amide bonds. The van der Waals surface area contributed by atoms with Crippen LogP contribution in [-0.4, -0.2) is 22.7 Å². The monoisotopic (exact) mass is 318 g/mol. The molecule has 0 radical (unpaired) electrons. The van der Waals surface area contributed by atoms with Gasteiger partial charge in [-0.25, -0.2) is 9.78 Å². The first-order valence-corrected chi connectivity index (χ1v) is 6.75. The summed E-state index contributed by atoms with van der Waals surface area (Å²) in [5, 5.41) is 4.57. The Bertz CT molecular complexity index is 852. The zero-order valence-electron chi connectivity index (χ0n) is 11.6. The summed E-state index contributed by atoms with van der Waals surface area (Å²) < 4.78 is 15.5. The third-order valence-corrected chi connectivity index (χ3v) is 3.08. The Kier molecular flexibility index (Phi) is 3.68. The highest BCUT2D eigenvalue weighted by Gasteiger charge is 2.21. The average molecular weight is 319 g/mol. The van der Waals surface area contributed by atoms with Gasteiger partial charge in [0.25, 0.3) is 5.71 Å². The lowest BCUT2D eigenvalue weighted by Crippen LogP contribution is -2.08. The van der Waals surface area contributed by atoms with E-state index in [1.54, 1.807) is 25.1 Å². The van der Waals surface area contributed by atoms with E-state index in [0.29, 0.717) is 22.5 Å². The third-order valence-electron chi connectivity index (χ3n) is 2.97. The molecule has 3 aromatic rings. The number of esters is 1. The van der Waals surface area contributed by atoms with Crippen LogP contribution in [0.15, 0.2) is 45.0 Å². The molecule has 0 fully saturated rings. The molecular weight excluding hydrogens is 308 g/mol. The van der Waals surface area contributed by atoms with Crippen LogP contribution >= 0.6 is 11.6 Å². The van der Waals surface area contributed by atoms with E-state index in [0.717, 1.165) is 0 Å². The third kappa shape index (κ3) is 2.60. The lowest BCUT2D eigenvalue weighted by molar-refractivity contribution is 0.0548. The molecule has 0 N–H and O–H groups in total. The van der Waals surface area contributed by atoms with Crippen molar-refractivity contribution in [2.75, 3.05) is 6.61 Å². The maximum Gasteiger partial charge on any atom is 0.339 e. The Morgan fingerprint density at radius 3 is 3.00 bits per heavy atom. The predicted octanol–water partition coefficient (Wildman–Crippen LogP) is 3.70. The first-order chi connectivity index (χ1) is 10.6. The largest absolute Gasteiger partial charge is 0.463 e. The maximum atomic E-state index is 12.3. The predicted molar refractivity (Wildman–Crippen MR) is 79.5 cm³/mol. The summed E-state index contributed by atoms with van der Waals surface area (Å²) in [5.41, 5.74) is 1.52. The van der Waals surface area contributed by atoms with Gasteiger partial charge in [-0.2, -0.15) is 0 Å². The van der Waals surface area contributed by atoms with E-state index in [1.165, 1.54) is 6.26 Å². The van der Waals surface area contributed by atoms with E-state index in [1.807, 2.05) is 0 Å². The van der Waals surface area contributed by atoms with Gasteiger partial charge in [0.2, 0.25) is 0 Å². The average Bonchev–Trinajstić information content (AvgIpc) is 3.14. The van der Waals surface area contributed by atoms with E-state index >= 15 is 0 Å². The highest BCUT2D eigenvalue weighted by molar-refractivity contribution is 6.29. The molecule has 0 spiro atoms. The first-order valence-electron chi connectivity index (χ1n) is 6.37. The van der Waals surface area contributed by atoms with Crippen LogP contribution in [0.1, 0.15) is 16.1 Å². The van der Waals surface area contributed by atoms with Crippen LogP contribution in [0.5, 0.6) is 0 Å². The summed E-state index contributed by atoms with van der Waals surface area (Å²) in [6.45, 7) is 5.12. The molecule has 7 heteroatoms. The number of aryl methyl sites for hydroxylation is 1.